The van der Waals surface area contributed by atoms with E-state index in [1.54, 1.807) is 0 Å². The highest BCUT2D eigenvalue weighted by Crippen LogP contribution is 2.12. The molecule has 0 spiro atoms. The molecule has 94 valence electrons. The molecule has 0 saturated heterocycles. The van der Waals surface area contributed by atoms with Crippen LogP contribution in [0.1, 0.15) is 47.0 Å². The summed E-state index contributed by atoms with van der Waals surface area (Å²) in [5.41, 5.74) is 0. The smallest absolute Gasteiger partial charge is 0.105 e. The molecule has 0 aliphatic carbocycles. The van der Waals surface area contributed by atoms with Gasteiger partial charge in [0, 0.05) is 0 Å². The van der Waals surface area contributed by atoms with Gasteiger partial charge in [0.05, 0.1) is 19.6 Å². The van der Waals surface area contributed by atoms with Gasteiger partial charge in [-0.3, -0.25) is 0 Å². The minimum absolute atomic E-state index is 0. The van der Waals surface area contributed by atoms with Gasteiger partial charge in [0.15, 0.2) is 0 Å². The van der Waals surface area contributed by atoms with Crippen molar-refractivity contribution in [3.63, 3.8) is 0 Å². The van der Waals surface area contributed by atoms with E-state index in [0.717, 1.165) is 11.0 Å². The molecule has 0 bridgehead atoms. The first-order valence-corrected chi connectivity index (χ1v) is 6.13. The molecule has 0 saturated carbocycles. The van der Waals surface area contributed by atoms with Gasteiger partial charge in [-0.1, -0.05) is 20.8 Å². The summed E-state index contributed by atoms with van der Waals surface area (Å²) in [5.74, 6) is 0. The lowest BCUT2D eigenvalue weighted by Gasteiger charge is -2.39. The van der Waals surface area contributed by atoms with Crippen LogP contribution in [0.15, 0.2) is 0 Å². The Morgan fingerprint density at radius 1 is 0.933 bits per heavy atom. The molecule has 15 heavy (non-hydrogen) atoms. The Balaban J connectivity index is 0. The summed E-state index contributed by atoms with van der Waals surface area (Å²) >= 11 is 0. The van der Waals surface area contributed by atoms with Crippen molar-refractivity contribution in [3.8, 4) is 0 Å². The summed E-state index contributed by atoms with van der Waals surface area (Å²) in [5, 5.41) is 9.55. The van der Waals surface area contributed by atoms with E-state index < -0.39 is 0 Å². The first-order valence-electron chi connectivity index (χ1n) is 6.13. The van der Waals surface area contributed by atoms with Crippen molar-refractivity contribution in [1.29, 1.82) is 0 Å². The highest BCUT2D eigenvalue weighted by Gasteiger charge is 2.26. The Morgan fingerprint density at radius 2 is 1.27 bits per heavy atom. The van der Waals surface area contributed by atoms with Crippen molar-refractivity contribution < 1.29 is 15.1 Å². The standard InChI is InChI=1S/C12H28NO.H2O/c1-5-8-13(9-6-2,10-7-3)11-12(4)14;/h12,14H,5-11H2,1-4H3;1H2/q+1;/p-1. The lowest BCUT2D eigenvalue weighted by Crippen LogP contribution is -2.53. The number of hydrogen-bond acceptors (Lipinski definition) is 2. The van der Waals surface area contributed by atoms with Gasteiger partial charge in [0.25, 0.3) is 0 Å². The van der Waals surface area contributed by atoms with Gasteiger partial charge in [-0.05, 0) is 26.2 Å². The average Bonchev–Trinajstić information content (AvgIpc) is 2.03. The second kappa shape index (κ2) is 9.13. The minimum Gasteiger partial charge on any atom is -0.870 e. The molecule has 0 aliphatic rings. The fourth-order valence-electron chi connectivity index (χ4n) is 2.59. The summed E-state index contributed by atoms with van der Waals surface area (Å²) in [6, 6.07) is 0. The fraction of sp³-hybridized carbons (Fsp3) is 1.00. The minimum atomic E-state index is -0.167. The third kappa shape index (κ3) is 6.88. The van der Waals surface area contributed by atoms with Crippen molar-refractivity contribution in [1.82, 2.24) is 0 Å². The summed E-state index contributed by atoms with van der Waals surface area (Å²) in [7, 11) is 0. The highest BCUT2D eigenvalue weighted by molar-refractivity contribution is 4.50. The number of hydrogen-bond donors (Lipinski definition) is 1. The van der Waals surface area contributed by atoms with Crippen molar-refractivity contribution >= 4 is 0 Å². The third-order valence-electron chi connectivity index (χ3n) is 2.75. The zero-order valence-electron chi connectivity index (χ0n) is 10.9. The molecule has 3 heteroatoms. The normalized spacial score (nSPS) is 13.4. The molecule has 0 heterocycles. The van der Waals surface area contributed by atoms with Crippen LogP contribution in [0.3, 0.4) is 0 Å². The Morgan fingerprint density at radius 3 is 1.47 bits per heavy atom. The van der Waals surface area contributed by atoms with Crippen LogP contribution in [0.5, 0.6) is 0 Å². The van der Waals surface area contributed by atoms with E-state index in [4.69, 9.17) is 0 Å². The van der Waals surface area contributed by atoms with Crippen LogP contribution >= 0.6 is 0 Å². The van der Waals surface area contributed by atoms with Crippen molar-refractivity contribution in [2.75, 3.05) is 26.2 Å². The van der Waals surface area contributed by atoms with Gasteiger partial charge in [-0.25, -0.2) is 0 Å². The molecule has 0 aromatic heterocycles. The van der Waals surface area contributed by atoms with Crippen molar-refractivity contribution in [3.05, 3.63) is 0 Å². The second-order valence-corrected chi connectivity index (χ2v) is 4.54. The van der Waals surface area contributed by atoms with Crippen LogP contribution in [-0.4, -0.2) is 47.3 Å². The monoisotopic (exact) mass is 219 g/mol. The van der Waals surface area contributed by atoms with Gasteiger partial charge in [-0.15, -0.1) is 0 Å². The molecule has 3 nitrogen and oxygen atoms in total. The maximum Gasteiger partial charge on any atom is 0.105 e. The number of quaternary nitrogens is 1. The molecule has 2 N–H and O–H groups in total. The quantitative estimate of drug-likeness (QED) is 0.636. The molecular formula is C12H29NO2. The summed E-state index contributed by atoms with van der Waals surface area (Å²) in [6.45, 7) is 13.2. The van der Waals surface area contributed by atoms with E-state index in [1.165, 1.54) is 38.9 Å². The number of aliphatic hydroxyl groups excluding tert-OH is 1. The summed E-state index contributed by atoms with van der Waals surface area (Å²) in [4.78, 5) is 0. The van der Waals surface area contributed by atoms with Crippen LogP contribution in [0, 0.1) is 0 Å². The van der Waals surface area contributed by atoms with Crippen molar-refractivity contribution in [2.45, 2.75) is 53.1 Å². The van der Waals surface area contributed by atoms with Gasteiger partial charge < -0.3 is 15.1 Å². The lowest BCUT2D eigenvalue weighted by molar-refractivity contribution is -0.930. The summed E-state index contributed by atoms with van der Waals surface area (Å²) in [6.07, 6.45) is 3.48. The van der Waals surface area contributed by atoms with E-state index in [0.29, 0.717) is 0 Å². The molecular weight excluding hydrogens is 190 g/mol. The SMILES string of the molecule is CCC[N+](CCC)(CCC)CC(C)O.[OH-]. The van der Waals surface area contributed by atoms with Crippen LogP contribution in [0.25, 0.3) is 0 Å². The van der Waals surface area contributed by atoms with Crippen LogP contribution in [0.4, 0.5) is 0 Å². The van der Waals surface area contributed by atoms with Crippen LogP contribution < -0.4 is 0 Å². The molecule has 0 radical (unpaired) electrons. The van der Waals surface area contributed by atoms with Gasteiger partial charge in [-0.2, -0.15) is 0 Å². The molecule has 1 atom stereocenters. The maximum atomic E-state index is 9.55. The molecule has 0 aromatic rings. The van der Waals surface area contributed by atoms with E-state index in [-0.39, 0.29) is 11.6 Å². The Bertz CT molecular complexity index is 121. The third-order valence-corrected chi connectivity index (χ3v) is 2.75. The van der Waals surface area contributed by atoms with E-state index >= 15 is 0 Å². The molecule has 0 aromatic carbocycles. The predicted molar refractivity (Wildman–Crippen MR) is 64.2 cm³/mol. The van der Waals surface area contributed by atoms with E-state index in [2.05, 4.69) is 20.8 Å². The topological polar surface area (TPSA) is 50.2 Å². The van der Waals surface area contributed by atoms with Crippen LogP contribution in [-0.2, 0) is 0 Å². The summed E-state index contributed by atoms with van der Waals surface area (Å²) < 4.78 is 1.11. The largest absolute Gasteiger partial charge is 0.870 e. The molecule has 0 rings (SSSR count). The predicted octanol–water partition coefficient (Wildman–Crippen LogP) is 2.24. The Kier molecular flexibility index (Phi) is 10.5. The molecule has 0 aliphatic heterocycles. The fourth-order valence-corrected chi connectivity index (χ4v) is 2.59. The first-order chi connectivity index (χ1) is 6.60. The second-order valence-electron chi connectivity index (χ2n) is 4.54. The zero-order chi connectivity index (χ0) is 11.0. The Hall–Kier alpha value is -0.120. The number of rotatable bonds is 8. The van der Waals surface area contributed by atoms with Gasteiger partial charge in [0.1, 0.15) is 12.6 Å². The average molecular weight is 219 g/mol. The Labute approximate surface area is 95.0 Å². The molecule has 0 amide bonds. The lowest BCUT2D eigenvalue weighted by atomic mass is 10.2. The van der Waals surface area contributed by atoms with Crippen LogP contribution in [0.2, 0.25) is 0 Å². The van der Waals surface area contributed by atoms with Gasteiger partial charge >= 0.3 is 0 Å². The maximum absolute atomic E-state index is 9.55. The molecule has 0 fully saturated rings. The first kappa shape index (κ1) is 17.3. The van der Waals surface area contributed by atoms with E-state index in [9.17, 15) is 5.11 Å². The van der Waals surface area contributed by atoms with Crippen molar-refractivity contribution in [2.24, 2.45) is 0 Å². The van der Waals surface area contributed by atoms with E-state index in [1.807, 2.05) is 6.92 Å². The number of aliphatic hydroxyl groups is 1. The molecule has 1 unspecified atom stereocenters. The van der Waals surface area contributed by atoms with Gasteiger partial charge in [0.2, 0.25) is 0 Å². The highest BCUT2D eigenvalue weighted by atomic mass is 16.3. The number of nitrogens with zero attached hydrogens (tertiary/aromatic N) is 1. The zero-order valence-corrected chi connectivity index (χ0v) is 10.9.